The van der Waals surface area contributed by atoms with E-state index >= 15 is 0 Å². The van der Waals surface area contributed by atoms with Gasteiger partial charge in [-0.25, -0.2) is 0 Å². The van der Waals surface area contributed by atoms with E-state index in [9.17, 15) is 28.1 Å². The number of anilines is 1. The van der Waals surface area contributed by atoms with Gasteiger partial charge >= 0.3 is 6.18 Å². The number of nitrogens with zero attached hydrogens (tertiary/aromatic N) is 1. The number of hydrogen-bond donors (Lipinski definition) is 3. The lowest BCUT2D eigenvalue weighted by Gasteiger charge is -2.28. The van der Waals surface area contributed by atoms with E-state index in [2.05, 4.69) is 16.0 Å². The zero-order valence-corrected chi connectivity index (χ0v) is 14.2. The SMILES string of the molecule is CC1CC(NC(=O)CCNc2ccc(C(F)(F)F)cc2[N+](=O)[O-])CCN1. The van der Waals surface area contributed by atoms with Crippen molar-refractivity contribution < 1.29 is 22.9 Å². The van der Waals surface area contributed by atoms with Gasteiger partial charge in [0.25, 0.3) is 5.69 Å². The molecule has 1 saturated heterocycles. The molecule has 0 radical (unpaired) electrons. The van der Waals surface area contributed by atoms with Crippen molar-refractivity contribution >= 4 is 17.3 Å². The molecule has 1 aliphatic rings. The van der Waals surface area contributed by atoms with Gasteiger partial charge in [-0.1, -0.05) is 0 Å². The highest BCUT2D eigenvalue weighted by Gasteiger charge is 2.33. The molecule has 0 bridgehead atoms. The Bertz CT molecular complexity index is 667. The molecule has 1 aromatic rings. The summed E-state index contributed by atoms with van der Waals surface area (Å²) in [7, 11) is 0. The maximum atomic E-state index is 12.7. The molecule has 10 heteroatoms. The van der Waals surface area contributed by atoms with Gasteiger partial charge in [-0.2, -0.15) is 13.2 Å². The molecular weight excluding hydrogens is 353 g/mol. The lowest BCUT2D eigenvalue weighted by Crippen LogP contribution is -2.46. The summed E-state index contributed by atoms with van der Waals surface area (Å²) < 4.78 is 38.0. The highest BCUT2D eigenvalue weighted by atomic mass is 19.4. The van der Waals surface area contributed by atoms with E-state index in [1.165, 1.54) is 0 Å². The number of carbonyl (C=O) groups excluding carboxylic acids is 1. The molecule has 0 aromatic heterocycles. The summed E-state index contributed by atoms with van der Waals surface area (Å²) in [5.41, 5.74) is -1.81. The molecule has 1 fully saturated rings. The van der Waals surface area contributed by atoms with Crippen LogP contribution in [-0.2, 0) is 11.0 Å². The van der Waals surface area contributed by atoms with Crippen molar-refractivity contribution in [1.82, 2.24) is 10.6 Å². The molecule has 1 heterocycles. The maximum Gasteiger partial charge on any atom is 0.416 e. The summed E-state index contributed by atoms with van der Waals surface area (Å²) in [5, 5.41) is 19.8. The normalized spacial score (nSPS) is 20.5. The first-order chi connectivity index (χ1) is 12.2. The highest BCUT2D eigenvalue weighted by molar-refractivity contribution is 5.77. The molecule has 2 unspecified atom stereocenters. The number of carbonyl (C=O) groups is 1. The molecule has 2 rings (SSSR count). The van der Waals surface area contributed by atoms with E-state index in [1.807, 2.05) is 6.92 Å². The Morgan fingerprint density at radius 1 is 1.42 bits per heavy atom. The van der Waals surface area contributed by atoms with Crippen LogP contribution in [0.5, 0.6) is 0 Å². The lowest BCUT2D eigenvalue weighted by atomic mass is 10.0. The third kappa shape index (κ3) is 5.58. The summed E-state index contributed by atoms with van der Waals surface area (Å²) in [4.78, 5) is 22.1. The van der Waals surface area contributed by atoms with Crippen LogP contribution < -0.4 is 16.0 Å². The average molecular weight is 374 g/mol. The largest absolute Gasteiger partial charge is 0.416 e. The Hall–Kier alpha value is -2.36. The van der Waals surface area contributed by atoms with E-state index in [1.54, 1.807) is 0 Å². The van der Waals surface area contributed by atoms with Crippen molar-refractivity contribution in [1.29, 1.82) is 0 Å². The number of halogens is 3. The van der Waals surface area contributed by atoms with Gasteiger partial charge in [-0.15, -0.1) is 0 Å². The zero-order chi connectivity index (χ0) is 19.3. The number of amides is 1. The fourth-order valence-electron chi connectivity index (χ4n) is 2.88. The number of nitro benzene ring substituents is 1. The summed E-state index contributed by atoms with van der Waals surface area (Å²) in [6.07, 6.45) is -2.94. The second-order valence-corrected chi connectivity index (χ2v) is 6.31. The topological polar surface area (TPSA) is 96.3 Å². The van der Waals surface area contributed by atoms with Crippen molar-refractivity contribution in [2.75, 3.05) is 18.4 Å². The standard InChI is InChI=1S/C16H21F3N4O3/c1-10-8-12(4-6-20-10)22-15(24)5-7-21-13-3-2-11(16(17,18)19)9-14(13)23(25)26/h2-3,9-10,12,20-21H,4-8H2,1H3,(H,22,24). The van der Waals surface area contributed by atoms with Crippen molar-refractivity contribution in [2.24, 2.45) is 0 Å². The first kappa shape index (κ1) is 20.0. The predicted molar refractivity (Wildman–Crippen MR) is 89.8 cm³/mol. The van der Waals surface area contributed by atoms with Crippen LogP contribution in [-0.4, -0.2) is 36.0 Å². The van der Waals surface area contributed by atoms with Gasteiger partial charge in [0.15, 0.2) is 0 Å². The molecule has 3 N–H and O–H groups in total. The summed E-state index contributed by atoms with van der Waals surface area (Å²) in [6, 6.07) is 2.67. The quantitative estimate of drug-likeness (QED) is 0.526. The van der Waals surface area contributed by atoms with Crippen LogP contribution in [0.4, 0.5) is 24.5 Å². The van der Waals surface area contributed by atoms with E-state index in [-0.39, 0.29) is 30.6 Å². The second kappa shape index (κ2) is 8.35. The van der Waals surface area contributed by atoms with E-state index in [0.717, 1.165) is 31.5 Å². The number of benzene rings is 1. The van der Waals surface area contributed by atoms with Gasteiger partial charge in [0.05, 0.1) is 10.5 Å². The number of rotatable bonds is 6. The van der Waals surface area contributed by atoms with Crippen LogP contribution in [0.25, 0.3) is 0 Å². The fraction of sp³-hybridized carbons (Fsp3) is 0.562. The molecule has 1 amide bonds. The van der Waals surface area contributed by atoms with Gasteiger partial charge in [0.2, 0.25) is 5.91 Å². The molecular formula is C16H21F3N4O3. The third-order valence-electron chi connectivity index (χ3n) is 4.18. The van der Waals surface area contributed by atoms with Crippen LogP contribution in [0.2, 0.25) is 0 Å². The molecule has 1 aliphatic heterocycles. The minimum Gasteiger partial charge on any atom is -0.379 e. The van der Waals surface area contributed by atoms with Gasteiger partial charge in [0.1, 0.15) is 5.69 Å². The number of piperidine rings is 1. The molecule has 1 aromatic carbocycles. The summed E-state index contributed by atoms with van der Waals surface area (Å²) in [5.74, 6) is -0.203. The molecule has 2 atom stereocenters. The van der Waals surface area contributed by atoms with Gasteiger partial charge < -0.3 is 16.0 Å². The molecule has 0 spiro atoms. The minimum absolute atomic E-state index is 0.0497. The smallest absolute Gasteiger partial charge is 0.379 e. The average Bonchev–Trinajstić information content (AvgIpc) is 2.53. The Morgan fingerprint density at radius 2 is 2.15 bits per heavy atom. The van der Waals surface area contributed by atoms with Crippen molar-refractivity contribution in [3.8, 4) is 0 Å². The van der Waals surface area contributed by atoms with Crippen LogP contribution in [0.3, 0.4) is 0 Å². The Morgan fingerprint density at radius 3 is 2.77 bits per heavy atom. The molecule has 0 saturated carbocycles. The highest BCUT2D eigenvalue weighted by Crippen LogP contribution is 2.34. The van der Waals surface area contributed by atoms with E-state index in [4.69, 9.17) is 0 Å². The van der Waals surface area contributed by atoms with Crippen LogP contribution >= 0.6 is 0 Å². The number of alkyl halides is 3. The fourth-order valence-corrected chi connectivity index (χ4v) is 2.88. The first-order valence-electron chi connectivity index (χ1n) is 8.29. The van der Waals surface area contributed by atoms with Gasteiger partial charge in [-0.3, -0.25) is 14.9 Å². The van der Waals surface area contributed by atoms with Crippen molar-refractivity contribution in [3.05, 3.63) is 33.9 Å². The summed E-state index contributed by atoms with van der Waals surface area (Å²) in [6.45, 7) is 2.93. The third-order valence-corrected chi connectivity index (χ3v) is 4.18. The van der Waals surface area contributed by atoms with Crippen LogP contribution in [0.1, 0.15) is 31.7 Å². The summed E-state index contributed by atoms with van der Waals surface area (Å²) >= 11 is 0. The van der Waals surface area contributed by atoms with E-state index in [0.29, 0.717) is 12.1 Å². The van der Waals surface area contributed by atoms with Crippen molar-refractivity contribution in [3.63, 3.8) is 0 Å². The van der Waals surface area contributed by atoms with E-state index < -0.39 is 22.4 Å². The molecule has 144 valence electrons. The Balaban J connectivity index is 1.90. The Kier molecular flexibility index (Phi) is 6.41. The zero-order valence-electron chi connectivity index (χ0n) is 14.2. The second-order valence-electron chi connectivity index (χ2n) is 6.31. The first-order valence-corrected chi connectivity index (χ1v) is 8.29. The van der Waals surface area contributed by atoms with Crippen molar-refractivity contribution in [2.45, 2.75) is 44.4 Å². The van der Waals surface area contributed by atoms with Crippen LogP contribution in [0.15, 0.2) is 18.2 Å². The monoisotopic (exact) mass is 374 g/mol. The van der Waals surface area contributed by atoms with Gasteiger partial charge in [0, 0.05) is 31.1 Å². The molecule has 26 heavy (non-hydrogen) atoms. The molecule has 0 aliphatic carbocycles. The minimum atomic E-state index is -4.66. The number of nitrogens with one attached hydrogen (secondary N) is 3. The van der Waals surface area contributed by atoms with Crippen LogP contribution in [0, 0.1) is 10.1 Å². The predicted octanol–water partition coefficient (Wildman–Crippen LogP) is 2.67. The number of hydrogen-bond acceptors (Lipinski definition) is 5. The Labute approximate surface area is 148 Å². The maximum absolute atomic E-state index is 12.7. The number of nitro groups is 1. The molecule has 7 nitrogen and oxygen atoms in total. The lowest BCUT2D eigenvalue weighted by molar-refractivity contribution is -0.384. The van der Waals surface area contributed by atoms with Gasteiger partial charge in [-0.05, 0) is 38.4 Å².